The lowest BCUT2D eigenvalue weighted by Crippen LogP contribution is -2.31. The Balaban J connectivity index is 2.38. The van der Waals surface area contributed by atoms with Crippen LogP contribution in [0.5, 0.6) is 0 Å². The molecule has 0 saturated heterocycles. The highest BCUT2D eigenvalue weighted by molar-refractivity contribution is 5.69. The Morgan fingerprint density at radius 1 is 1.60 bits per heavy atom. The molecule has 0 spiro atoms. The zero-order chi connectivity index (χ0) is 11.3. The topological polar surface area (TPSA) is 51.5 Å². The summed E-state index contributed by atoms with van der Waals surface area (Å²) in [6.07, 6.45) is 2.00. The van der Waals surface area contributed by atoms with Crippen LogP contribution in [0.15, 0.2) is 22.8 Å². The van der Waals surface area contributed by atoms with Crippen LogP contribution in [0.1, 0.15) is 32.1 Å². The third-order valence-corrected chi connectivity index (χ3v) is 2.21. The average molecular weight is 211 g/mol. The lowest BCUT2D eigenvalue weighted by Gasteiger charge is -2.17. The molecule has 1 heterocycles. The largest absolute Gasteiger partial charge is 0.469 e. The summed E-state index contributed by atoms with van der Waals surface area (Å²) < 4.78 is 9.84. The zero-order valence-corrected chi connectivity index (χ0v) is 9.32. The highest BCUT2D eigenvalue weighted by Gasteiger charge is 2.14. The van der Waals surface area contributed by atoms with Crippen molar-refractivity contribution in [1.29, 1.82) is 0 Å². The lowest BCUT2D eigenvalue weighted by molar-refractivity contribution is -0.141. The fraction of sp³-hybridized carbons (Fsp3) is 0.545. The minimum absolute atomic E-state index is 0.0672. The molecular weight excluding hydrogens is 194 g/mol. The number of carbonyl (C=O) groups is 1. The van der Waals surface area contributed by atoms with Gasteiger partial charge in [0.15, 0.2) is 0 Å². The van der Waals surface area contributed by atoms with Gasteiger partial charge in [0.2, 0.25) is 0 Å². The minimum atomic E-state index is -0.207. The number of carbonyl (C=O) groups excluding carboxylic acids is 1. The molecule has 0 saturated carbocycles. The molecule has 2 atom stereocenters. The van der Waals surface area contributed by atoms with Crippen molar-refractivity contribution in [3.8, 4) is 0 Å². The van der Waals surface area contributed by atoms with Crippen LogP contribution >= 0.6 is 0 Å². The van der Waals surface area contributed by atoms with Gasteiger partial charge in [0.25, 0.3) is 0 Å². The van der Waals surface area contributed by atoms with Gasteiger partial charge in [-0.1, -0.05) is 0 Å². The summed E-state index contributed by atoms with van der Waals surface area (Å²) in [6.45, 7) is 3.93. The first-order chi connectivity index (χ1) is 7.13. The van der Waals surface area contributed by atoms with Crippen molar-refractivity contribution in [2.24, 2.45) is 0 Å². The van der Waals surface area contributed by atoms with E-state index in [-0.39, 0.29) is 18.1 Å². The van der Waals surface area contributed by atoms with Gasteiger partial charge >= 0.3 is 5.97 Å². The van der Waals surface area contributed by atoms with Gasteiger partial charge in [-0.3, -0.25) is 4.79 Å². The third-order valence-electron chi connectivity index (χ3n) is 2.21. The number of furan rings is 1. The third kappa shape index (κ3) is 3.75. The van der Waals surface area contributed by atoms with Gasteiger partial charge in [-0.2, -0.15) is 0 Å². The predicted molar refractivity (Wildman–Crippen MR) is 56.4 cm³/mol. The summed E-state index contributed by atoms with van der Waals surface area (Å²) in [4.78, 5) is 11.0. The second kappa shape index (κ2) is 5.56. The Bertz CT molecular complexity index is 295. The maximum Gasteiger partial charge on any atom is 0.307 e. The van der Waals surface area contributed by atoms with Gasteiger partial charge in [0, 0.05) is 6.04 Å². The van der Waals surface area contributed by atoms with E-state index in [1.165, 1.54) is 7.11 Å². The summed E-state index contributed by atoms with van der Waals surface area (Å²) in [5, 5.41) is 3.25. The minimum Gasteiger partial charge on any atom is -0.469 e. The first-order valence-corrected chi connectivity index (χ1v) is 4.99. The Labute approximate surface area is 89.6 Å². The van der Waals surface area contributed by atoms with E-state index < -0.39 is 0 Å². The number of methoxy groups -OCH3 is 1. The van der Waals surface area contributed by atoms with E-state index in [4.69, 9.17) is 4.42 Å². The molecule has 0 radical (unpaired) electrons. The van der Waals surface area contributed by atoms with Gasteiger partial charge in [0.05, 0.1) is 25.8 Å². The molecule has 0 amide bonds. The first kappa shape index (κ1) is 11.8. The van der Waals surface area contributed by atoms with E-state index in [0.29, 0.717) is 6.42 Å². The van der Waals surface area contributed by atoms with Gasteiger partial charge in [-0.25, -0.2) is 0 Å². The van der Waals surface area contributed by atoms with E-state index in [0.717, 1.165) is 5.76 Å². The van der Waals surface area contributed by atoms with Gasteiger partial charge in [0.1, 0.15) is 5.76 Å². The molecule has 15 heavy (non-hydrogen) atoms. The number of rotatable bonds is 5. The lowest BCUT2D eigenvalue weighted by atomic mass is 10.2. The second-order valence-corrected chi connectivity index (χ2v) is 3.59. The van der Waals surface area contributed by atoms with Crippen molar-refractivity contribution in [3.05, 3.63) is 24.2 Å². The molecule has 1 N–H and O–H groups in total. The molecule has 4 nitrogen and oxygen atoms in total. The number of hydrogen-bond acceptors (Lipinski definition) is 4. The van der Waals surface area contributed by atoms with Crippen LogP contribution in [0.4, 0.5) is 0 Å². The highest BCUT2D eigenvalue weighted by atomic mass is 16.5. The molecule has 1 aromatic heterocycles. The smallest absolute Gasteiger partial charge is 0.307 e. The van der Waals surface area contributed by atoms with Crippen molar-refractivity contribution < 1.29 is 13.9 Å². The zero-order valence-electron chi connectivity index (χ0n) is 9.32. The van der Waals surface area contributed by atoms with Crippen molar-refractivity contribution in [2.75, 3.05) is 7.11 Å². The van der Waals surface area contributed by atoms with Gasteiger partial charge in [-0.05, 0) is 26.0 Å². The molecule has 0 bridgehead atoms. The molecule has 0 aromatic carbocycles. The fourth-order valence-corrected chi connectivity index (χ4v) is 1.44. The maximum atomic E-state index is 11.0. The SMILES string of the molecule is COC(=O)CC(C)N[C@H](C)c1ccco1. The van der Waals surface area contributed by atoms with Crippen molar-refractivity contribution in [2.45, 2.75) is 32.4 Å². The van der Waals surface area contributed by atoms with E-state index in [1.54, 1.807) is 6.26 Å². The Kier molecular flexibility index (Phi) is 4.37. The summed E-state index contributed by atoms with van der Waals surface area (Å²) in [5.41, 5.74) is 0. The number of ether oxygens (including phenoxy) is 1. The van der Waals surface area contributed by atoms with Crippen LogP contribution in [-0.4, -0.2) is 19.1 Å². The summed E-state index contributed by atoms with van der Waals surface area (Å²) in [5.74, 6) is 0.661. The number of hydrogen-bond donors (Lipinski definition) is 1. The van der Waals surface area contributed by atoms with Crippen LogP contribution in [0.2, 0.25) is 0 Å². The maximum absolute atomic E-state index is 11.0. The Morgan fingerprint density at radius 3 is 2.87 bits per heavy atom. The van der Waals surface area contributed by atoms with Crippen LogP contribution in [0.25, 0.3) is 0 Å². The Morgan fingerprint density at radius 2 is 2.33 bits per heavy atom. The molecule has 0 fully saturated rings. The van der Waals surface area contributed by atoms with E-state index in [2.05, 4.69) is 10.1 Å². The van der Waals surface area contributed by atoms with E-state index in [1.807, 2.05) is 26.0 Å². The van der Waals surface area contributed by atoms with E-state index in [9.17, 15) is 4.79 Å². The summed E-state index contributed by atoms with van der Waals surface area (Å²) >= 11 is 0. The molecule has 1 unspecified atom stereocenters. The van der Waals surface area contributed by atoms with Gasteiger partial charge < -0.3 is 14.5 Å². The second-order valence-electron chi connectivity index (χ2n) is 3.59. The summed E-state index contributed by atoms with van der Waals surface area (Å²) in [6, 6.07) is 3.92. The summed E-state index contributed by atoms with van der Waals surface area (Å²) in [7, 11) is 1.39. The van der Waals surface area contributed by atoms with Crippen molar-refractivity contribution in [1.82, 2.24) is 5.32 Å². The number of esters is 1. The predicted octanol–water partition coefficient (Wildman–Crippen LogP) is 1.88. The molecule has 4 heteroatoms. The van der Waals surface area contributed by atoms with Crippen LogP contribution in [0, 0.1) is 0 Å². The molecule has 1 aromatic rings. The Hall–Kier alpha value is -1.29. The quantitative estimate of drug-likeness (QED) is 0.755. The molecular formula is C11H17NO3. The normalized spacial score (nSPS) is 14.6. The van der Waals surface area contributed by atoms with Crippen LogP contribution in [0.3, 0.4) is 0 Å². The molecule has 0 aliphatic heterocycles. The molecule has 1 rings (SSSR count). The van der Waals surface area contributed by atoms with Crippen molar-refractivity contribution in [3.63, 3.8) is 0 Å². The molecule has 0 aliphatic carbocycles. The standard InChI is InChI=1S/C11H17NO3/c1-8(7-11(13)14-3)12-9(2)10-5-4-6-15-10/h4-6,8-9,12H,7H2,1-3H3/t8?,9-/m1/s1. The highest BCUT2D eigenvalue weighted by Crippen LogP contribution is 2.13. The van der Waals surface area contributed by atoms with Gasteiger partial charge in [-0.15, -0.1) is 0 Å². The van der Waals surface area contributed by atoms with Crippen LogP contribution in [-0.2, 0) is 9.53 Å². The number of nitrogens with one attached hydrogen (secondary N) is 1. The fourth-order valence-electron chi connectivity index (χ4n) is 1.44. The average Bonchev–Trinajstić information content (AvgIpc) is 2.70. The molecule has 84 valence electrons. The monoisotopic (exact) mass is 211 g/mol. The van der Waals surface area contributed by atoms with Crippen LogP contribution < -0.4 is 5.32 Å². The first-order valence-electron chi connectivity index (χ1n) is 4.99. The van der Waals surface area contributed by atoms with E-state index >= 15 is 0 Å². The molecule has 0 aliphatic rings. The van der Waals surface area contributed by atoms with Crippen molar-refractivity contribution >= 4 is 5.97 Å².